The number of hydrogen-bond acceptors (Lipinski definition) is 0. The van der Waals surface area contributed by atoms with E-state index in [1.807, 2.05) is 0 Å². The van der Waals surface area contributed by atoms with Gasteiger partial charge in [0.05, 0.1) is 0 Å². The number of allylic oxidation sites excluding steroid dienone is 1. The molecule has 0 fully saturated rings. The van der Waals surface area contributed by atoms with Gasteiger partial charge in [-0.2, -0.15) is 0 Å². The summed E-state index contributed by atoms with van der Waals surface area (Å²) in [6.45, 7) is 8.86. The van der Waals surface area contributed by atoms with Gasteiger partial charge >= 0.3 is 0 Å². The molecule has 0 aromatic heterocycles. The maximum absolute atomic E-state index is 2.38. The van der Waals surface area contributed by atoms with Gasteiger partial charge in [-0.3, -0.25) is 0 Å². The van der Waals surface area contributed by atoms with Crippen LogP contribution >= 0.6 is 0 Å². The molecule has 0 atom stereocenters. The Labute approximate surface area is 138 Å². The van der Waals surface area contributed by atoms with Crippen LogP contribution in [0.2, 0.25) is 0 Å². The molecule has 0 spiro atoms. The average molecular weight is 298 g/mol. The van der Waals surface area contributed by atoms with Gasteiger partial charge < -0.3 is 0 Å². The predicted octanol–water partition coefficient (Wildman–Crippen LogP) is 6.39. The van der Waals surface area contributed by atoms with E-state index >= 15 is 0 Å². The van der Waals surface area contributed by atoms with Gasteiger partial charge in [0, 0.05) is 0 Å². The summed E-state index contributed by atoms with van der Waals surface area (Å²) in [7, 11) is 0. The zero-order chi connectivity index (χ0) is 16.1. The summed E-state index contributed by atoms with van der Waals surface area (Å²) < 4.78 is 0. The smallest absolute Gasteiger partial charge is 0.00604 e. The van der Waals surface area contributed by atoms with Crippen LogP contribution in [0.1, 0.15) is 34.7 Å². The molecule has 0 radical (unpaired) electrons. The molecule has 23 heavy (non-hydrogen) atoms. The Morgan fingerprint density at radius 2 is 1.57 bits per heavy atom. The Morgan fingerprint density at radius 3 is 2.39 bits per heavy atom. The molecule has 1 aliphatic carbocycles. The van der Waals surface area contributed by atoms with E-state index in [0.717, 1.165) is 6.42 Å². The highest BCUT2D eigenvalue weighted by atomic mass is 14.2. The maximum Gasteiger partial charge on any atom is -0.00604 e. The first kappa shape index (κ1) is 14.3. The van der Waals surface area contributed by atoms with Crippen LogP contribution in [0.5, 0.6) is 0 Å². The third-order valence-corrected chi connectivity index (χ3v) is 5.01. The Balaban J connectivity index is 2.04. The summed E-state index contributed by atoms with van der Waals surface area (Å²) in [6.07, 6.45) is 3.46. The Morgan fingerprint density at radius 1 is 0.739 bits per heavy atom. The fourth-order valence-electron chi connectivity index (χ4n) is 3.85. The topological polar surface area (TPSA) is 0 Å². The summed E-state index contributed by atoms with van der Waals surface area (Å²) in [5, 5.41) is 2.66. The minimum Gasteiger partial charge on any atom is -0.0683 e. The molecule has 0 bridgehead atoms. The van der Waals surface area contributed by atoms with Gasteiger partial charge in [0.25, 0.3) is 0 Å². The zero-order valence-corrected chi connectivity index (χ0v) is 14.3. The largest absolute Gasteiger partial charge is 0.0683 e. The molecular weight excluding hydrogens is 276 g/mol. The lowest BCUT2D eigenvalue weighted by Crippen LogP contribution is -1.94. The van der Waals surface area contributed by atoms with E-state index in [0.29, 0.717) is 0 Å². The van der Waals surface area contributed by atoms with Gasteiger partial charge in [-0.25, -0.2) is 0 Å². The minimum absolute atomic E-state index is 1.09. The van der Waals surface area contributed by atoms with E-state index in [2.05, 4.69) is 76.2 Å². The molecule has 0 amide bonds. The van der Waals surface area contributed by atoms with Gasteiger partial charge in [-0.1, -0.05) is 53.6 Å². The quantitative estimate of drug-likeness (QED) is 0.488. The summed E-state index contributed by atoms with van der Waals surface area (Å²) in [5.74, 6) is 0. The van der Waals surface area contributed by atoms with Crippen LogP contribution in [-0.2, 0) is 6.42 Å². The van der Waals surface area contributed by atoms with Gasteiger partial charge in [0.15, 0.2) is 0 Å². The molecule has 0 heterocycles. The molecule has 0 nitrogen and oxygen atoms in total. The average Bonchev–Trinajstić information content (AvgIpc) is 2.88. The van der Waals surface area contributed by atoms with Gasteiger partial charge in [-0.15, -0.1) is 0 Å². The molecule has 0 unspecified atom stereocenters. The fourth-order valence-corrected chi connectivity index (χ4v) is 3.85. The van der Waals surface area contributed by atoms with Crippen molar-refractivity contribution in [2.24, 2.45) is 0 Å². The second-order valence-electron chi connectivity index (χ2n) is 7.02. The number of hydrogen-bond donors (Lipinski definition) is 0. The molecule has 1 aliphatic rings. The molecule has 0 saturated heterocycles. The highest BCUT2D eigenvalue weighted by Gasteiger charge is 2.18. The SMILES string of the molecule is CC1=Cc2c(ccc(C)c2-c2cc3cc(C)ccc3cc2C)C1. The van der Waals surface area contributed by atoms with E-state index in [1.54, 1.807) is 0 Å². The summed E-state index contributed by atoms with van der Waals surface area (Å²) in [5.41, 5.74) is 11.2. The second-order valence-corrected chi connectivity index (χ2v) is 7.02. The van der Waals surface area contributed by atoms with Gasteiger partial charge in [-0.05, 0) is 84.3 Å². The van der Waals surface area contributed by atoms with Crippen molar-refractivity contribution in [3.63, 3.8) is 0 Å². The lowest BCUT2D eigenvalue weighted by molar-refractivity contribution is 1.19. The van der Waals surface area contributed by atoms with Crippen LogP contribution in [0.3, 0.4) is 0 Å². The predicted molar refractivity (Wildman–Crippen MR) is 101 cm³/mol. The molecular formula is C23H22. The van der Waals surface area contributed by atoms with Crippen LogP contribution in [0, 0.1) is 20.8 Å². The molecule has 4 rings (SSSR count). The molecule has 0 aliphatic heterocycles. The van der Waals surface area contributed by atoms with Crippen LogP contribution in [0.15, 0.2) is 48.0 Å². The van der Waals surface area contributed by atoms with Crippen LogP contribution in [-0.4, -0.2) is 0 Å². The van der Waals surface area contributed by atoms with Gasteiger partial charge in [0.2, 0.25) is 0 Å². The van der Waals surface area contributed by atoms with Crippen molar-refractivity contribution >= 4 is 16.8 Å². The van der Waals surface area contributed by atoms with Crippen molar-refractivity contribution in [2.75, 3.05) is 0 Å². The number of benzene rings is 3. The van der Waals surface area contributed by atoms with Crippen molar-refractivity contribution in [1.29, 1.82) is 0 Å². The maximum atomic E-state index is 2.38. The van der Waals surface area contributed by atoms with Crippen LogP contribution < -0.4 is 0 Å². The molecule has 114 valence electrons. The van der Waals surface area contributed by atoms with Crippen LogP contribution in [0.4, 0.5) is 0 Å². The van der Waals surface area contributed by atoms with Crippen molar-refractivity contribution in [1.82, 2.24) is 0 Å². The van der Waals surface area contributed by atoms with E-state index in [1.165, 1.54) is 55.3 Å². The third kappa shape index (κ3) is 2.30. The van der Waals surface area contributed by atoms with Crippen molar-refractivity contribution in [3.05, 3.63) is 75.9 Å². The van der Waals surface area contributed by atoms with E-state index in [-0.39, 0.29) is 0 Å². The van der Waals surface area contributed by atoms with Crippen LogP contribution in [0.25, 0.3) is 28.0 Å². The zero-order valence-electron chi connectivity index (χ0n) is 14.3. The monoisotopic (exact) mass is 298 g/mol. The molecule has 0 N–H and O–H groups in total. The Kier molecular flexibility index (Phi) is 3.16. The van der Waals surface area contributed by atoms with Crippen molar-refractivity contribution in [3.8, 4) is 11.1 Å². The Hall–Kier alpha value is -2.34. The molecule has 3 aromatic carbocycles. The van der Waals surface area contributed by atoms with Gasteiger partial charge in [0.1, 0.15) is 0 Å². The lowest BCUT2D eigenvalue weighted by Gasteiger charge is -2.15. The number of fused-ring (bicyclic) bond motifs is 2. The fraction of sp³-hybridized carbons (Fsp3) is 0.217. The highest BCUT2D eigenvalue weighted by molar-refractivity contribution is 5.93. The van der Waals surface area contributed by atoms with Crippen molar-refractivity contribution in [2.45, 2.75) is 34.1 Å². The first-order chi connectivity index (χ1) is 11.0. The van der Waals surface area contributed by atoms with Crippen molar-refractivity contribution < 1.29 is 0 Å². The first-order valence-electron chi connectivity index (χ1n) is 8.34. The second kappa shape index (κ2) is 5.09. The van der Waals surface area contributed by atoms with E-state index in [4.69, 9.17) is 0 Å². The standard InChI is InChI=1S/C23H22/c1-14-5-7-18-12-17(4)21(13-20(18)9-14)23-16(3)6-8-19-10-15(2)11-22(19)23/h5-9,11-13H,10H2,1-4H3. The summed E-state index contributed by atoms with van der Waals surface area (Å²) in [6, 6.07) is 16.0. The minimum atomic E-state index is 1.09. The first-order valence-corrected chi connectivity index (χ1v) is 8.34. The highest BCUT2D eigenvalue weighted by Crippen LogP contribution is 2.39. The lowest BCUT2D eigenvalue weighted by atomic mass is 9.88. The van der Waals surface area contributed by atoms with E-state index < -0.39 is 0 Å². The summed E-state index contributed by atoms with van der Waals surface area (Å²) >= 11 is 0. The molecule has 0 saturated carbocycles. The molecule has 0 heteroatoms. The summed E-state index contributed by atoms with van der Waals surface area (Å²) in [4.78, 5) is 0. The normalized spacial score (nSPS) is 13.3. The molecule has 3 aromatic rings. The van der Waals surface area contributed by atoms with E-state index in [9.17, 15) is 0 Å². The number of aryl methyl sites for hydroxylation is 3. The third-order valence-electron chi connectivity index (χ3n) is 5.01. The Bertz CT molecular complexity index is 971. The number of rotatable bonds is 1.